The Morgan fingerprint density at radius 1 is 0.914 bits per heavy atom. The third-order valence-corrected chi connectivity index (χ3v) is 5.68. The largest absolute Gasteiger partial charge is 0.455 e. The third-order valence-electron chi connectivity index (χ3n) is 5.14. The molecule has 0 fully saturated rings. The number of halogens is 2. The summed E-state index contributed by atoms with van der Waals surface area (Å²) in [5.74, 6) is 0.353. The number of furan rings is 1. The molecule has 0 bridgehead atoms. The predicted octanol–water partition coefficient (Wildman–Crippen LogP) is 6.26. The van der Waals surface area contributed by atoms with Crippen molar-refractivity contribution in [2.45, 2.75) is 12.5 Å². The van der Waals surface area contributed by atoms with E-state index >= 15 is 0 Å². The minimum atomic E-state index is -0.527. The fraction of sp³-hybridized carbons (Fsp3) is 0.0741. The molecule has 1 aromatic heterocycles. The topological polar surface area (TPSA) is 83.7 Å². The average Bonchev–Trinajstić information content (AvgIpc) is 3.33. The van der Waals surface area contributed by atoms with E-state index in [1.165, 1.54) is 6.21 Å². The number of amides is 2. The Hall–Kier alpha value is -3.87. The van der Waals surface area contributed by atoms with Crippen molar-refractivity contribution in [1.82, 2.24) is 10.7 Å². The van der Waals surface area contributed by atoms with Gasteiger partial charge in [0.1, 0.15) is 11.5 Å². The normalized spacial score (nSPS) is 11.8. The highest BCUT2D eigenvalue weighted by Gasteiger charge is 2.19. The van der Waals surface area contributed by atoms with Gasteiger partial charge in [-0.1, -0.05) is 71.7 Å². The van der Waals surface area contributed by atoms with Gasteiger partial charge in [0.05, 0.1) is 23.7 Å². The van der Waals surface area contributed by atoms with Crippen molar-refractivity contribution in [2.24, 2.45) is 5.10 Å². The van der Waals surface area contributed by atoms with Crippen molar-refractivity contribution >= 4 is 41.2 Å². The van der Waals surface area contributed by atoms with Crippen LogP contribution in [0.2, 0.25) is 10.0 Å². The molecule has 0 unspecified atom stereocenters. The Morgan fingerprint density at radius 2 is 1.63 bits per heavy atom. The van der Waals surface area contributed by atoms with Gasteiger partial charge in [0, 0.05) is 16.1 Å². The van der Waals surface area contributed by atoms with Gasteiger partial charge in [-0.05, 0) is 48.0 Å². The summed E-state index contributed by atoms with van der Waals surface area (Å²) in [6.45, 7) is 0. The number of hydrogen-bond acceptors (Lipinski definition) is 4. The second-order valence-electron chi connectivity index (χ2n) is 7.63. The monoisotopic (exact) mass is 505 g/mol. The number of hydrogen-bond donors (Lipinski definition) is 2. The van der Waals surface area contributed by atoms with Crippen LogP contribution in [0.15, 0.2) is 101 Å². The van der Waals surface area contributed by atoms with Gasteiger partial charge < -0.3 is 9.73 Å². The van der Waals surface area contributed by atoms with Crippen LogP contribution in [-0.4, -0.2) is 18.0 Å². The quantitative estimate of drug-likeness (QED) is 0.218. The van der Waals surface area contributed by atoms with Gasteiger partial charge in [0.25, 0.3) is 5.91 Å². The highest BCUT2D eigenvalue weighted by atomic mass is 35.5. The molecule has 176 valence electrons. The van der Waals surface area contributed by atoms with Crippen LogP contribution in [0.5, 0.6) is 0 Å². The van der Waals surface area contributed by atoms with E-state index in [2.05, 4.69) is 15.8 Å². The molecule has 0 aliphatic carbocycles. The molecule has 4 rings (SSSR count). The first-order valence-electron chi connectivity index (χ1n) is 10.8. The van der Waals surface area contributed by atoms with E-state index in [-0.39, 0.29) is 18.2 Å². The van der Waals surface area contributed by atoms with E-state index in [0.717, 1.165) is 5.56 Å². The van der Waals surface area contributed by atoms with E-state index in [4.69, 9.17) is 27.6 Å². The maximum atomic E-state index is 12.7. The Morgan fingerprint density at radius 3 is 2.34 bits per heavy atom. The van der Waals surface area contributed by atoms with Crippen LogP contribution in [0.25, 0.3) is 11.3 Å². The molecule has 35 heavy (non-hydrogen) atoms. The molecule has 1 atom stereocenters. The van der Waals surface area contributed by atoms with Crippen molar-refractivity contribution in [1.29, 1.82) is 0 Å². The molecule has 3 aromatic carbocycles. The van der Waals surface area contributed by atoms with E-state index in [1.807, 2.05) is 36.4 Å². The number of carbonyl (C=O) groups excluding carboxylic acids is 2. The summed E-state index contributed by atoms with van der Waals surface area (Å²) < 4.78 is 5.74. The zero-order valence-electron chi connectivity index (χ0n) is 18.4. The second kappa shape index (κ2) is 11.5. The van der Waals surface area contributed by atoms with Gasteiger partial charge in [-0.2, -0.15) is 5.10 Å². The molecule has 0 radical (unpaired) electrons. The number of nitrogens with zero attached hydrogens (tertiary/aromatic N) is 1. The molecule has 0 aliphatic heterocycles. The summed E-state index contributed by atoms with van der Waals surface area (Å²) in [6.07, 6.45) is 1.40. The minimum absolute atomic E-state index is 0.00368. The molecule has 2 amide bonds. The standard InChI is InChI=1S/C27H21Cl2N3O3/c28-20-11-13-22(23(29)15-20)25-14-12-21(35-25)17-30-32-26(33)16-24(18-7-3-1-4-8-18)31-27(34)19-9-5-2-6-10-19/h1-15,17,24H,16H2,(H,31,34)(H,32,33)/b30-17-/t24-/m0/s1. The van der Waals surface area contributed by atoms with Crippen LogP contribution < -0.4 is 10.7 Å². The van der Waals surface area contributed by atoms with E-state index < -0.39 is 6.04 Å². The SMILES string of the molecule is O=C(C[C@H](NC(=O)c1ccccc1)c1ccccc1)N/N=C\c1ccc(-c2ccc(Cl)cc2Cl)o1. The van der Waals surface area contributed by atoms with E-state index in [1.54, 1.807) is 54.6 Å². The Kier molecular flexibility index (Phi) is 7.98. The molecule has 0 spiro atoms. The van der Waals surface area contributed by atoms with Crippen LogP contribution in [0, 0.1) is 0 Å². The van der Waals surface area contributed by atoms with Gasteiger partial charge in [-0.3, -0.25) is 9.59 Å². The van der Waals surface area contributed by atoms with Crippen molar-refractivity contribution in [3.05, 3.63) is 118 Å². The van der Waals surface area contributed by atoms with Crippen molar-refractivity contribution < 1.29 is 14.0 Å². The number of benzene rings is 3. The fourth-order valence-electron chi connectivity index (χ4n) is 3.42. The van der Waals surface area contributed by atoms with Crippen molar-refractivity contribution in [3.8, 4) is 11.3 Å². The van der Waals surface area contributed by atoms with Gasteiger partial charge in [0.2, 0.25) is 5.91 Å². The molecule has 1 heterocycles. The molecule has 0 aliphatic rings. The predicted molar refractivity (Wildman–Crippen MR) is 138 cm³/mol. The second-order valence-corrected chi connectivity index (χ2v) is 8.47. The molecular formula is C27H21Cl2N3O3. The highest BCUT2D eigenvalue weighted by molar-refractivity contribution is 6.36. The molecule has 4 aromatic rings. The average molecular weight is 506 g/mol. The van der Waals surface area contributed by atoms with Gasteiger partial charge in [0.15, 0.2) is 0 Å². The van der Waals surface area contributed by atoms with E-state index in [9.17, 15) is 9.59 Å². The summed E-state index contributed by atoms with van der Waals surface area (Å²) in [4.78, 5) is 25.3. The molecule has 8 heteroatoms. The Bertz CT molecular complexity index is 1340. The maximum absolute atomic E-state index is 12.7. The van der Waals surface area contributed by atoms with Crippen molar-refractivity contribution in [3.63, 3.8) is 0 Å². The molecule has 0 saturated carbocycles. The summed E-state index contributed by atoms with van der Waals surface area (Å²) in [5, 5.41) is 7.91. The number of carbonyl (C=O) groups is 2. The van der Waals surface area contributed by atoms with Gasteiger partial charge >= 0.3 is 0 Å². The lowest BCUT2D eigenvalue weighted by Crippen LogP contribution is -2.32. The molecular weight excluding hydrogens is 485 g/mol. The third kappa shape index (κ3) is 6.59. The number of rotatable bonds is 8. The smallest absolute Gasteiger partial charge is 0.251 e. The van der Waals surface area contributed by atoms with E-state index in [0.29, 0.717) is 32.7 Å². The van der Waals surface area contributed by atoms with Crippen LogP contribution >= 0.6 is 23.2 Å². The van der Waals surface area contributed by atoms with Crippen LogP contribution in [0.4, 0.5) is 0 Å². The van der Waals surface area contributed by atoms with Crippen LogP contribution in [-0.2, 0) is 4.79 Å². The first kappa shape index (κ1) is 24.3. The molecule has 2 N–H and O–H groups in total. The lowest BCUT2D eigenvalue weighted by Gasteiger charge is -2.18. The highest BCUT2D eigenvalue weighted by Crippen LogP contribution is 2.31. The van der Waals surface area contributed by atoms with Crippen LogP contribution in [0.1, 0.15) is 34.1 Å². The van der Waals surface area contributed by atoms with Crippen LogP contribution in [0.3, 0.4) is 0 Å². The summed E-state index contributed by atoms with van der Waals surface area (Å²) >= 11 is 12.2. The molecule has 0 saturated heterocycles. The van der Waals surface area contributed by atoms with Gasteiger partial charge in [-0.25, -0.2) is 5.43 Å². The Balaban J connectivity index is 1.40. The first-order valence-corrected chi connectivity index (χ1v) is 11.5. The summed E-state index contributed by atoms with van der Waals surface area (Å²) in [5.41, 5.74) is 4.51. The zero-order chi connectivity index (χ0) is 24.6. The summed E-state index contributed by atoms with van der Waals surface area (Å²) in [6, 6.07) is 26.2. The zero-order valence-corrected chi connectivity index (χ0v) is 20.0. The van der Waals surface area contributed by atoms with Gasteiger partial charge in [-0.15, -0.1) is 0 Å². The lowest BCUT2D eigenvalue weighted by molar-refractivity contribution is -0.121. The number of hydrazone groups is 1. The molecule has 6 nitrogen and oxygen atoms in total. The minimum Gasteiger partial charge on any atom is -0.455 e. The maximum Gasteiger partial charge on any atom is 0.251 e. The lowest BCUT2D eigenvalue weighted by atomic mass is 10.0. The summed E-state index contributed by atoms with van der Waals surface area (Å²) in [7, 11) is 0. The fourth-order valence-corrected chi connectivity index (χ4v) is 3.93. The van der Waals surface area contributed by atoms with Crippen molar-refractivity contribution in [2.75, 3.05) is 0 Å². The first-order chi connectivity index (χ1) is 17.0. The number of nitrogens with one attached hydrogen (secondary N) is 2. The Labute approximate surface area is 212 Å².